The fourth-order valence-corrected chi connectivity index (χ4v) is 3.28. The van der Waals surface area contributed by atoms with E-state index in [9.17, 15) is 18.8 Å². The van der Waals surface area contributed by atoms with Gasteiger partial charge in [0.05, 0.1) is 24.5 Å². The highest BCUT2D eigenvalue weighted by Crippen LogP contribution is 2.27. The van der Waals surface area contributed by atoms with Gasteiger partial charge in [0, 0.05) is 11.6 Å². The highest BCUT2D eigenvalue weighted by Gasteiger charge is 2.31. The Labute approximate surface area is 199 Å². The summed E-state index contributed by atoms with van der Waals surface area (Å²) in [7, 11) is 0. The number of halogens is 2. The van der Waals surface area contributed by atoms with Gasteiger partial charge in [-0.3, -0.25) is 9.48 Å². The summed E-state index contributed by atoms with van der Waals surface area (Å²) in [5.41, 5.74) is 0.153. The lowest BCUT2D eigenvalue weighted by atomic mass is 10.1. The van der Waals surface area contributed by atoms with Crippen LogP contribution in [0.15, 0.2) is 53.4 Å². The summed E-state index contributed by atoms with van der Waals surface area (Å²) in [5.74, 6) is -3.93. The SMILES string of the molecule is CC(C)(C)OC(=O)C(C#N)c1nc(-c2cc(-c3ccon3)n(Cc3ccccc3F)n2)ncc1F. The molecule has 0 saturated heterocycles. The first-order chi connectivity index (χ1) is 16.7. The number of esters is 1. The molecule has 0 bridgehead atoms. The van der Waals surface area contributed by atoms with Gasteiger partial charge < -0.3 is 9.26 Å². The number of nitrogens with zero attached hydrogens (tertiary/aromatic N) is 6. The molecule has 3 heterocycles. The highest BCUT2D eigenvalue weighted by molar-refractivity contribution is 5.81. The van der Waals surface area contributed by atoms with E-state index < -0.39 is 34.8 Å². The second kappa shape index (κ2) is 9.42. The average Bonchev–Trinajstić information content (AvgIpc) is 3.46. The Kier molecular flexibility index (Phi) is 6.38. The Bertz CT molecular complexity index is 1400. The van der Waals surface area contributed by atoms with Crippen molar-refractivity contribution >= 4 is 5.97 Å². The van der Waals surface area contributed by atoms with Crippen molar-refractivity contribution in [1.29, 1.82) is 5.26 Å². The minimum absolute atomic E-state index is 0.0396. The molecule has 0 amide bonds. The van der Waals surface area contributed by atoms with E-state index in [1.54, 1.807) is 57.2 Å². The highest BCUT2D eigenvalue weighted by atomic mass is 19.1. The normalized spacial score (nSPS) is 12.2. The Morgan fingerprint density at radius 1 is 1.20 bits per heavy atom. The summed E-state index contributed by atoms with van der Waals surface area (Å²) in [6.07, 6.45) is 2.23. The molecular formula is C24H20F2N6O3. The molecule has 35 heavy (non-hydrogen) atoms. The number of ether oxygens (including phenoxy) is 1. The fraction of sp³-hybridized carbons (Fsp3) is 0.250. The second-order valence-corrected chi connectivity index (χ2v) is 8.57. The summed E-state index contributed by atoms with van der Waals surface area (Å²) in [4.78, 5) is 20.6. The summed E-state index contributed by atoms with van der Waals surface area (Å²) in [6.45, 7) is 4.96. The number of hydrogen-bond acceptors (Lipinski definition) is 8. The standard InChI is InChI=1S/C24H20F2N6O3/c1-24(2,3)35-23(33)15(11-27)21-17(26)12-28-22(29-21)19-10-20(18-8-9-34-31-18)32(30-19)13-14-6-4-5-7-16(14)25/h4-10,12,15H,13H2,1-3H3. The number of carbonyl (C=O) groups excluding carboxylic acids is 1. The van der Waals surface area contributed by atoms with Crippen LogP contribution in [0.2, 0.25) is 0 Å². The molecule has 178 valence electrons. The Morgan fingerprint density at radius 3 is 2.63 bits per heavy atom. The van der Waals surface area contributed by atoms with Crippen LogP contribution in [0.5, 0.6) is 0 Å². The van der Waals surface area contributed by atoms with Crippen LogP contribution >= 0.6 is 0 Å². The number of rotatable bonds is 6. The van der Waals surface area contributed by atoms with Crippen molar-refractivity contribution in [2.24, 2.45) is 0 Å². The molecular weight excluding hydrogens is 458 g/mol. The number of hydrogen-bond donors (Lipinski definition) is 0. The third-order valence-electron chi connectivity index (χ3n) is 4.80. The third kappa shape index (κ3) is 5.22. The summed E-state index contributed by atoms with van der Waals surface area (Å²) in [6, 6.07) is 11.2. The molecule has 0 aliphatic rings. The van der Waals surface area contributed by atoms with Gasteiger partial charge in [-0.2, -0.15) is 10.4 Å². The van der Waals surface area contributed by atoms with Crippen LogP contribution in [0.1, 0.15) is 37.9 Å². The molecule has 0 fully saturated rings. The van der Waals surface area contributed by atoms with Crippen molar-refractivity contribution in [3.63, 3.8) is 0 Å². The molecule has 11 heteroatoms. The molecule has 0 radical (unpaired) electrons. The van der Waals surface area contributed by atoms with Crippen LogP contribution in [0.25, 0.3) is 22.9 Å². The lowest BCUT2D eigenvalue weighted by molar-refractivity contribution is -0.155. The van der Waals surface area contributed by atoms with Crippen molar-refractivity contribution in [2.75, 3.05) is 0 Å². The third-order valence-corrected chi connectivity index (χ3v) is 4.80. The Hall–Kier alpha value is -4.46. The van der Waals surface area contributed by atoms with Crippen molar-refractivity contribution in [2.45, 2.75) is 38.8 Å². The first kappa shape index (κ1) is 23.7. The molecule has 0 spiro atoms. The smallest absolute Gasteiger partial charge is 0.330 e. The van der Waals surface area contributed by atoms with Crippen LogP contribution in [-0.2, 0) is 16.1 Å². The zero-order valence-corrected chi connectivity index (χ0v) is 19.1. The summed E-state index contributed by atoms with van der Waals surface area (Å²) >= 11 is 0. The van der Waals surface area contributed by atoms with Crippen LogP contribution < -0.4 is 0 Å². The number of benzene rings is 1. The molecule has 1 atom stereocenters. The summed E-state index contributed by atoms with van der Waals surface area (Å²) < 4.78 is 40.5. The number of carbonyl (C=O) groups is 1. The molecule has 3 aromatic heterocycles. The van der Waals surface area contributed by atoms with Crippen LogP contribution in [-0.4, -0.2) is 36.5 Å². The van der Waals surface area contributed by atoms with Gasteiger partial charge in [0.2, 0.25) is 0 Å². The van der Waals surface area contributed by atoms with E-state index in [0.717, 1.165) is 6.20 Å². The maximum atomic E-state index is 14.6. The lowest BCUT2D eigenvalue weighted by Crippen LogP contribution is -2.28. The molecule has 1 unspecified atom stereocenters. The lowest BCUT2D eigenvalue weighted by Gasteiger charge is -2.21. The second-order valence-electron chi connectivity index (χ2n) is 8.57. The van der Waals surface area contributed by atoms with E-state index in [4.69, 9.17) is 9.26 Å². The van der Waals surface area contributed by atoms with Gasteiger partial charge in [-0.25, -0.2) is 18.7 Å². The molecule has 0 aliphatic heterocycles. The largest absolute Gasteiger partial charge is 0.459 e. The quantitative estimate of drug-likeness (QED) is 0.377. The number of aromatic nitrogens is 5. The average molecular weight is 478 g/mol. The Balaban J connectivity index is 1.76. The molecule has 9 nitrogen and oxygen atoms in total. The molecule has 4 aromatic rings. The van der Waals surface area contributed by atoms with Gasteiger partial charge in [-0.1, -0.05) is 23.4 Å². The minimum Gasteiger partial charge on any atom is -0.459 e. The van der Waals surface area contributed by atoms with Crippen LogP contribution in [0.3, 0.4) is 0 Å². The van der Waals surface area contributed by atoms with Crippen LogP contribution in [0, 0.1) is 23.0 Å². The zero-order valence-electron chi connectivity index (χ0n) is 19.1. The molecule has 0 aliphatic carbocycles. The number of nitriles is 1. The molecule has 0 saturated carbocycles. The van der Waals surface area contributed by atoms with E-state index in [0.29, 0.717) is 17.0 Å². The van der Waals surface area contributed by atoms with Gasteiger partial charge >= 0.3 is 5.97 Å². The van der Waals surface area contributed by atoms with E-state index in [1.165, 1.54) is 17.0 Å². The monoisotopic (exact) mass is 478 g/mol. The van der Waals surface area contributed by atoms with Crippen molar-refractivity contribution in [1.82, 2.24) is 24.9 Å². The maximum Gasteiger partial charge on any atom is 0.330 e. The van der Waals surface area contributed by atoms with Crippen molar-refractivity contribution in [3.8, 4) is 29.0 Å². The zero-order chi connectivity index (χ0) is 25.2. The molecule has 4 rings (SSSR count). The van der Waals surface area contributed by atoms with Gasteiger partial charge in [-0.15, -0.1) is 0 Å². The predicted octanol–water partition coefficient (Wildman–Crippen LogP) is 4.27. The topological polar surface area (TPSA) is 120 Å². The minimum atomic E-state index is -1.61. The van der Waals surface area contributed by atoms with Gasteiger partial charge in [-0.05, 0) is 32.9 Å². The van der Waals surface area contributed by atoms with Crippen molar-refractivity contribution < 1.29 is 22.8 Å². The van der Waals surface area contributed by atoms with Gasteiger partial charge in [0.1, 0.15) is 34.8 Å². The molecule has 0 N–H and O–H groups in total. The van der Waals surface area contributed by atoms with Gasteiger partial charge in [0.25, 0.3) is 0 Å². The fourth-order valence-electron chi connectivity index (χ4n) is 3.28. The maximum absolute atomic E-state index is 14.6. The predicted molar refractivity (Wildman–Crippen MR) is 118 cm³/mol. The van der Waals surface area contributed by atoms with E-state index in [-0.39, 0.29) is 18.1 Å². The summed E-state index contributed by atoms with van der Waals surface area (Å²) in [5, 5.41) is 17.9. The molecule has 1 aromatic carbocycles. The first-order valence-corrected chi connectivity index (χ1v) is 10.5. The van der Waals surface area contributed by atoms with Gasteiger partial charge in [0.15, 0.2) is 17.6 Å². The van der Waals surface area contributed by atoms with E-state index in [1.807, 2.05) is 0 Å². The first-order valence-electron chi connectivity index (χ1n) is 10.5. The van der Waals surface area contributed by atoms with E-state index >= 15 is 0 Å². The van der Waals surface area contributed by atoms with Crippen molar-refractivity contribution in [3.05, 3.63) is 71.8 Å². The van der Waals surface area contributed by atoms with Crippen LogP contribution in [0.4, 0.5) is 8.78 Å². The van der Waals surface area contributed by atoms with E-state index in [2.05, 4.69) is 20.2 Å². The Morgan fingerprint density at radius 2 is 1.97 bits per heavy atom.